The quantitative estimate of drug-likeness (QED) is 0.188. The van der Waals surface area contributed by atoms with Crippen molar-refractivity contribution in [2.75, 3.05) is 12.4 Å². The van der Waals surface area contributed by atoms with Crippen molar-refractivity contribution in [1.82, 2.24) is 20.2 Å². The van der Waals surface area contributed by atoms with Crippen LogP contribution in [0.2, 0.25) is 5.02 Å². The molecule has 4 rings (SSSR count). The third-order valence-corrected chi connectivity index (χ3v) is 5.57. The summed E-state index contributed by atoms with van der Waals surface area (Å²) in [5, 5.41) is 21.7. The molecule has 38 heavy (non-hydrogen) atoms. The van der Waals surface area contributed by atoms with Gasteiger partial charge in [0.25, 0.3) is 11.8 Å². The minimum absolute atomic E-state index is 0.163. The molecule has 0 aliphatic rings. The van der Waals surface area contributed by atoms with Gasteiger partial charge >= 0.3 is 5.95 Å². The number of halogens is 1. The fourth-order valence-corrected chi connectivity index (χ4v) is 3.69. The van der Waals surface area contributed by atoms with E-state index in [-0.39, 0.29) is 22.7 Å². The van der Waals surface area contributed by atoms with E-state index < -0.39 is 22.7 Å². The van der Waals surface area contributed by atoms with Crippen molar-refractivity contribution in [1.29, 1.82) is 0 Å². The van der Waals surface area contributed by atoms with E-state index in [1.807, 2.05) is 0 Å². The second kappa shape index (κ2) is 11.8. The lowest BCUT2D eigenvalue weighted by Gasteiger charge is -2.11. The second-order valence-corrected chi connectivity index (χ2v) is 8.16. The molecule has 1 heterocycles. The van der Waals surface area contributed by atoms with E-state index in [4.69, 9.17) is 16.3 Å². The standard InChI is InChI=1S/C25H20ClN7O5/c1-38-22-11-10-16(12-17(22)14-32-15-27-25(31-32)33(36)37)13-28-30-24(35)19-7-3-5-9-21(19)29-23(34)18-6-2-4-8-20(18)26/h2-13,15H,14H2,1H3,(H,29,34)(H,30,35)/b28-13-. The number of rotatable bonds is 9. The number of benzene rings is 3. The van der Waals surface area contributed by atoms with Crippen molar-refractivity contribution in [2.24, 2.45) is 5.10 Å². The molecule has 2 amide bonds. The van der Waals surface area contributed by atoms with Gasteiger partial charge in [-0.15, -0.1) is 0 Å². The Labute approximate surface area is 221 Å². The smallest absolute Gasteiger partial charge is 0.490 e. The van der Waals surface area contributed by atoms with E-state index in [9.17, 15) is 19.7 Å². The summed E-state index contributed by atoms with van der Waals surface area (Å²) in [5.41, 5.74) is 4.50. The first-order chi connectivity index (χ1) is 18.4. The zero-order chi connectivity index (χ0) is 27.1. The first-order valence-electron chi connectivity index (χ1n) is 11.0. The number of nitrogens with zero attached hydrogens (tertiary/aromatic N) is 5. The van der Waals surface area contributed by atoms with Crippen LogP contribution in [0.15, 0.2) is 78.2 Å². The largest absolute Gasteiger partial charge is 0.496 e. The van der Waals surface area contributed by atoms with Crippen LogP contribution in [0.3, 0.4) is 0 Å². The van der Waals surface area contributed by atoms with Crippen molar-refractivity contribution in [2.45, 2.75) is 6.54 Å². The van der Waals surface area contributed by atoms with Crippen LogP contribution in [-0.2, 0) is 6.54 Å². The molecule has 0 aliphatic heterocycles. The topological polar surface area (TPSA) is 154 Å². The highest BCUT2D eigenvalue weighted by Gasteiger charge is 2.16. The number of carbonyl (C=O) groups excluding carboxylic acids is 2. The SMILES string of the molecule is COc1ccc(/C=N\NC(=O)c2ccccc2NC(=O)c2ccccc2Cl)cc1Cn1cnc([N+](=O)[O-])n1. The molecule has 2 N–H and O–H groups in total. The Kier molecular flexibility index (Phi) is 8.04. The van der Waals surface area contributed by atoms with Gasteiger partial charge in [-0.2, -0.15) is 9.78 Å². The number of methoxy groups -OCH3 is 1. The summed E-state index contributed by atoms with van der Waals surface area (Å²) in [6.07, 6.45) is 2.68. The molecule has 13 heteroatoms. The average Bonchev–Trinajstić information content (AvgIpc) is 3.38. The first kappa shape index (κ1) is 26.0. The van der Waals surface area contributed by atoms with Crippen molar-refractivity contribution < 1.29 is 19.2 Å². The fourth-order valence-electron chi connectivity index (χ4n) is 3.47. The molecule has 0 fully saturated rings. The van der Waals surface area contributed by atoms with Crippen molar-refractivity contribution >= 4 is 41.3 Å². The summed E-state index contributed by atoms with van der Waals surface area (Å²) in [6.45, 7) is 0.163. The molecule has 0 aliphatic carbocycles. The monoisotopic (exact) mass is 533 g/mol. The zero-order valence-electron chi connectivity index (χ0n) is 19.9. The summed E-state index contributed by atoms with van der Waals surface area (Å²) in [7, 11) is 1.50. The van der Waals surface area contributed by atoms with Gasteiger partial charge in [0.05, 0.1) is 41.7 Å². The molecule has 0 spiro atoms. The molecule has 0 atom stereocenters. The van der Waals surface area contributed by atoms with Gasteiger partial charge in [0.2, 0.25) is 6.33 Å². The lowest BCUT2D eigenvalue weighted by Crippen LogP contribution is -2.21. The Morgan fingerprint density at radius 2 is 1.84 bits per heavy atom. The molecule has 0 radical (unpaired) electrons. The van der Waals surface area contributed by atoms with Crippen LogP contribution in [0.4, 0.5) is 11.6 Å². The number of amides is 2. The Hall–Kier alpha value is -5.10. The van der Waals surface area contributed by atoms with Crippen LogP contribution >= 0.6 is 11.6 Å². The molecule has 3 aromatic carbocycles. The number of para-hydroxylation sites is 1. The maximum Gasteiger partial charge on any atom is 0.490 e. The molecule has 0 saturated heterocycles. The number of aromatic nitrogens is 3. The minimum atomic E-state index is -0.681. The fraction of sp³-hybridized carbons (Fsp3) is 0.0800. The molecule has 192 valence electrons. The summed E-state index contributed by atoms with van der Waals surface area (Å²) in [4.78, 5) is 39.3. The number of nitro groups is 1. The third-order valence-electron chi connectivity index (χ3n) is 5.24. The van der Waals surface area contributed by atoms with Crippen molar-refractivity contribution in [3.8, 4) is 5.75 Å². The summed E-state index contributed by atoms with van der Waals surface area (Å²) in [6, 6.07) is 18.2. The molecule has 4 aromatic rings. The lowest BCUT2D eigenvalue weighted by atomic mass is 10.1. The van der Waals surface area contributed by atoms with Gasteiger partial charge in [0, 0.05) is 10.7 Å². The predicted octanol–water partition coefficient (Wildman–Crippen LogP) is 3.91. The number of hydrazone groups is 1. The van der Waals surface area contributed by atoms with E-state index in [1.54, 1.807) is 66.7 Å². The molecule has 1 aromatic heterocycles. The molecule has 12 nitrogen and oxygen atoms in total. The molecule has 0 bridgehead atoms. The number of ether oxygens (including phenoxy) is 1. The number of anilines is 1. The average molecular weight is 534 g/mol. The minimum Gasteiger partial charge on any atom is -0.496 e. The highest BCUT2D eigenvalue weighted by Crippen LogP contribution is 2.22. The first-order valence-corrected chi connectivity index (χ1v) is 11.4. The van der Waals surface area contributed by atoms with Gasteiger partial charge < -0.3 is 20.2 Å². The van der Waals surface area contributed by atoms with Crippen molar-refractivity contribution in [3.05, 3.63) is 110 Å². The Bertz CT molecular complexity index is 1540. The van der Waals surface area contributed by atoms with Crippen LogP contribution in [-0.4, -0.2) is 44.8 Å². The summed E-state index contributed by atoms with van der Waals surface area (Å²) >= 11 is 6.10. The zero-order valence-corrected chi connectivity index (χ0v) is 20.6. The Morgan fingerprint density at radius 1 is 1.11 bits per heavy atom. The number of hydrogen-bond acceptors (Lipinski definition) is 8. The van der Waals surface area contributed by atoms with E-state index >= 15 is 0 Å². The van der Waals surface area contributed by atoms with Crippen LogP contribution in [0.25, 0.3) is 0 Å². The predicted molar refractivity (Wildman–Crippen MR) is 140 cm³/mol. The Morgan fingerprint density at radius 3 is 2.55 bits per heavy atom. The van der Waals surface area contributed by atoms with Gasteiger partial charge in [-0.3, -0.25) is 9.59 Å². The third kappa shape index (κ3) is 6.17. The van der Waals surface area contributed by atoms with E-state index in [0.717, 1.165) is 0 Å². The summed E-state index contributed by atoms with van der Waals surface area (Å²) < 4.78 is 6.67. The van der Waals surface area contributed by atoms with Crippen LogP contribution in [0.5, 0.6) is 5.75 Å². The number of carbonyl (C=O) groups is 2. The molecular weight excluding hydrogens is 514 g/mol. The number of nitrogens with one attached hydrogen (secondary N) is 2. The van der Waals surface area contributed by atoms with Crippen LogP contribution in [0, 0.1) is 10.1 Å². The van der Waals surface area contributed by atoms with Gasteiger partial charge in [-0.05, 0) is 53.0 Å². The maximum absolute atomic E-state index is 12.8. The van der Waals surface area contributed by atoms with Crippen LogP contribution < -0.4 is 15.5 Å². The molecular formula is C25H20ClN7O5. The lowest BCUT2D eigenvalue weighted by molar-refractivity contribution is -0.394. The van der Waals surface area contributed by atoms with Crippen molar-refractivity contribution in [3.63, 3.8) is 0 Å². The normalized spacial score (nSPS) is 10.8. The maximum atomic E-state index is 12.8. The van der Waals surface area contributed by atoms with Gasteiger partial charge in [0.15, 0.2) is 0 Å². The van der Waals surface area contributed by atoms with Crippen LogP contribution in [0.1, 0.15) is 31.8 Å². The second-order valence-electron chi connectivity index (χ2n) is 7.75. The van der Waals surface area contributed by atoms with Gasteiger partial charge in [0.1, 0.15) is 5.75 Å². The highest BCUT2D eigenvalue weighted by atomic mass is 35.5. The van der Waals surface area contributed by atoms with E-state index in [0.29, 0.717) is 22.6 Å². The molecule has 0 unspecified atom stereocenters. The summed E-state index contributed by atoms with van der Waals surface area (Å²) in [5.74, 6) is -0.969. The highest BCUT2D eigenvalue weighted by molar-refractivity contribution is 6.34. The van der Waals surface area contributed by atoms with Gasteiger partial charge in [-0.1, -0.05) is 40.9 Å². The van der Waals surface area contributed by atoms with Gasteiger partial charge in [-0.25, -0.2) is 5.43 Å². The molecule has 0 saturated carbocycles. The Balaban J connectivity index is 1.46. The van der Waals surface area contributed by atoms with E-state index in [2.05, 4.69) is 25.9 Å². The number of hydrogen-bond donors (Lipinski definition) is 2. The van der Waals surface area contributed by atoms with E-state index in [1.165, 1.54) is 24.3 Å².